The Kier molecular flexibility index (Phi) is 15.0. The minimum atomic E-state index is -10.1. The first-order valence-electron chi connectivity index (χ1n) is 14.5. The number of nitrogens with zero attached hydrogens (tertiary/aromatic N) is 1. The van der Waals surface area contributed by atoms with Gasteiger partial charge in [0.25, 0.3) is 0 Å². The molecule has 0 aliphatic rings. The van der Waals surface area contributed by atoms with Gasteiger partial charge in [-0.2, -0.15) is 127 Å². The standard InChI is InChI=1S/C25H20F29NO6/c1-7(58)61-11(9(6-57)55(2,3)4-10(59)60)8(5-56)12(26,27)13(28,29)14(30,31)15(32,33)16(34,35)17(36,37)18(38,39)19(40,41)20(42,43)21(44,45)22(46,47)23(48,49)24(50,51)25(52,53)54/h8-9,11,56-57H,4-6H2,1-3H3. The number of likely N-dealkylation sites (N-methyl/N-ethyl adjacent to an activating group) is 1. The van der Waals surface area contributed by atoms with Gasteiger partial charge in [0.15, 0.2) is 12.1 Å². The van der Waals surface area contributed by atoms with Crippen LogP contribution in [0.1, 0.15) is 6.92 Å². The number of aliphatic hydroxyl groups is 2. The van der Waals surface area contributed by atoms with Crippen molar-refractivity contribution >= 4 is 11.9 Å². The number of carboxylic acid groups (broad SMARTS) is 1. The van der Waals surface area contributed by atoms with E-state index in [0.29, 0.717) is 14.1 Å². The second kappa shape index (κ2) is 15.8. The molecule has 0 aromatic carbocycles. The third-order valence-corrected chi connectivity index (χ3v) is 8.47. The zero-order valence-corrected chi connectivity index (χ0v) is 28.8. The Balaban J connectivity index is 7.91. The number of aliphatic hydroxyl groups excluding tert-OH is 2. The maximum atomic E-state index is 15.2. The second-order valence-electron chi connectivity index (χ2n) is 12.9. The summed E-state index contributed by atoms with van der Waals surface area (Å²) < 4.78 is 406. The third kappa shape index (κ3) is 7.91. The van der Waals surface area contributed by atoms with Gasteiger partial charge in [-0.1, -0.05) is 0 Å². The van der Waals surface area contributed by atoms with Crippen molar-refractivity contribution in [3.63, 3.8) is 0 Å². The van der Waals surface area contributed by atoms with Crippen LogP contribution in [0.5, 0.6) is 0 Å². The number of quaternary nitrogens is 1. The Labute approximate surface area is 316 Å². The molecule has 0 saturated heterocycles. The fraction of sp³-hybridized carbons (Fsp3) is 0.920. The number of carbonyl (C=O) groups excluding carboxylic acids is 2. The van der Waals surface area contributed by atoms with Crippen molar-refractivity contribution in [1.29, 1.82) is 0 Å². The molecular weight excluding hydrogens is 961 g/mol. The number of hydrogen-bond acceptors (Lipinski definition) is 6. The van der Waals surface area contributed by atoms with E-state index in [1.807, 2.05) is 0 Å². The van der Waals surface area contributed by atoms with Crippen molar-refractivity contribution in [3.8, 4) is 0 Å². The van der Waals surface area contributed by atoms with E-state index in [9.17, 15) is 143 Å². The fourth-order valence-electron chi connectivity index (χ4n) is 4.81. The second-order valence-corrected chi connectivity index (χ2v) is 12.9. The summed E-state index contributed by atoms with van der Waals surface area (Å²) in [6.45, 7) is -6.70. The average Bonchev–Trinajstić information content (AvgIpc) is 3.02. The molecule has 0 aromatic rings. The molecule has 0 bridgehead atoms. The molecule has 0 amide bonds. The molecule has 0 heterocycles. The highest BCUT2D eigenvalue weighted by atomic mass is 19.4. The average molecular weight is 981 g/mol. The van der Waals surface area contributed by atoms with Gasteiger partial charge >= 0.3 is 89.1 Å². The highest BCUT2D eigenvalue weighted by Gasteiger charge is 3.01. The first-order chi connectivity index (χ1) is 26.1. The summed E-state index contributed by atoms with van der Waals surface area (Å²) in [5.74, 6) is -133. The predicted octanol–water partition coefficient (Wildman–Crippen LogP) is 6.54. The molecule has 364 valence electrons. The molecule has 0 aliphatic heterocycles. The first kappa shape index (κ1) is 57.8. The van der Waals surface area contributed by atoms with Crippen LogP contribution >= 0.6 is 0 Å². The van der Waals surface area contributed by atoms with Crippen molar-refractivity contribution in [2.24, 2.45) is 5.92 Å². The van der Waals surface area contributed by atoms with E-state index >= 15 is 8.78 Å². The van der Waals surface area contributed by atoms with Crippen LogP contribution in [0.3, 0.4) is 0 Å². The largest absolute Gasteiger partial charge is 0.544 e. The summed E-state index contributed by atoms with van der Waals surface area (Å²) in [6, 6.07) is -2.85. The number of halogens is 29. The number of hydrogen-bond donors (Lipinski definition) is 2. The van der Waals surface area contributed by atoms with Crippen LogP contribution in [-0.4, -0.2) is 156 Å². The van der Waals surface area contributed by atoms with Gasteiger partial charge in [-0.3, -0.25) is 4.79 Å². The molecule has 61 heavy (non-hydrogen) atoms. The van der Waals surface area contributed by atoms with Crippen LogP contribution in [0.15, 0.2) is 0 Å². The summed E-state index contributed by atoms with van der Waals surface area (Å²) in [6.07, 6.45) is -12.1. The third-order valence-electron chi connectivity index (χ3n) is 8.47. The van der Waals surface area contributed by atoms with Crippen molar-refractivity contribution in [2.45, 2.75) is 102 Å². The Morgan fingerprint density at radius 2 is 0.721 bits per heavy atom. The van der Waals surface area contributed by atoms with Crippen LogP contribution in [0.2, 0.25) is 0 Å². The van der Waals surface area contributed by atoms with Gasteiger partial charge in [0.2, 0.25) is 0 Å². The topological polar surface area (TPSA) is 107 Å². The number of esters is 1. The van der Waals surface area contributed by atoms with Gasteiger partial charge in [0.05, 0.1) is 39.2 Å². The van der Waals surface area contributed by atoms with Gasteiger partial charge < -0.3 is 29.3 Å². The van der Waals surface area contributed by atoms with Gasteiger partial charge in [0.1, 0.15) is 6.54 Å². The Morgan fingerprint density at radius 1 is 0.475 bits per heavy atom. The molecule has 0 fully saturated rings. The molecule has 0 rings (SSSR count). The lowest BCUT2D eigenvalue weighted by molar-refractivity contribution is -0.914. The minimum Gasteiger partial charge on any atom is -0.544 e. The summed E-state index contributed by atoms with van der Waals surface area (Å²) in [7, 11) is 0.840. The van der Waals surface area contributed by atoms with Crippen molar-refractivity contribution in [2.75, 3.05) is 33.9 Å². The molecule has 0 saturated carbocycles. The SMILES string of the molecule is CC(=O)OC(C(CO)C(F)(F)C(F)(F)C(F)(F)C(F)(F)C(F)(F)C(F)(F)C(F)(F)C(F)(F)C(F)(F)C(F)(F)C(F)(F)C(F)(F)C(F)(F)C(F)(F)F)C(CO)[N+](C)(C)CC(=O)[O-]. The predicted molar refractivity (Wildman–Crippen MR) is 129 cm³/mol. The number of alkyl halides is 29. The van der Waals surface area contributed by atoms with Crippen molar-refractivity contribution in [3.05, 3.63) is 0 Å². The quantitative estimate of drug-likeness (QED) is 0.0771. The lowest BCUT2D eigenvalue weighted by Crippen LogP contribution is -2.79. The van der Waals surface area contributed by atoms with Gasteiger partial charge in [-0.05, 0) is 0 Å². The van der Waals surface area contributed by atoms with Crippen LogP contribution in [-0.2, 0) is 14.3 Å². The molecule has 7 nitrogen and oxygen atoms in total. The monoisotopic (exact) mass is 981 g/mol. The van der Waals surface area contributed by atoms with E-state index in [2.05, 4.69) is 4.74 Å². The van der Waals surface area contributed by atoms with E-state index in [1.54, 1.807) is 0 Å². The number of aliphatic carboxylic acids is 1. The molecule has 0 aromatic heterocycles. The molecule has 0 spiro atoms. The van der Waals surface area contributed by atoms with Gasteiger partial charge in [0, 0.05) is 6.92 Å². The molecular formula is C25H20F29NO6. The van der Waals surface area contributed by atoms with Gasteiger partial charge in [-0.25, -0.2) is 0 Å². The van der Waals surface area contributed by atoms with Gasteiger partial charge in [-0.15, -0.1) is 0 Å². The molecule has 36 heteroatoms. The zero-order valence-electron chi connectivity index (χ0n) is 28.8. The van der Waals surface area contributed by atoms with Crippen molar-refractivity contribution in [1.82, 2.24) is 0 Å². The maximum absolute atomic E-state index is 15.2. The zero-order chi connectivity index (χ0) is 50.2. The van der Waals surface area contributed by atoms with Crippen LogP contribution in [0.25, 0.3) is 0 Å². The highest BCUT2D eigenvalue weighted by molar-refractivity contribution is 5.66. The van der Waals surface area contributed by atoms with E-state index in [-0.39, 0.29) is 6.92 Å². The lowest BCUT2D eigenvalue weighted by Gasteiger charge is -2.47. The Morgan fingerprint density at radius 3 is 0.918 bits per heavy atom. The molecule has 2 N–H and O–H groups in total. The van der Waals surface area contributed by atoms with Crippen LogP contribution < -0.4 is 5.11 Å². The first-order valence-corrected chi connectivity index (χ1v) is 14.5. The molecule has 0 aliphatic carbocycles. The maximum Gasteiger partial charge on any atom is 0.460 e. The van der Waals surface area contributed by atoms with Crippen LogP contribution in [0.4, 0.5) is 127 Å². The van der Waals surface area contributed by atoms with E-state index in [4.69, 9.17) is 0 Å². The molecule has 3 atom stereocenters. The van der Waals surface area contributed by atoms with E-state index in [1.165, 1.54) is 0 Å². The number of rotatable bonds is 21. The normalized spacial score (nSPS) is 17.5. The van der Waals surface area contributed by atoms with E-state index in [0.717, 1.165) is 0 Å². The summed E-state index contributed by atoms with van der Waals surface area (Å²) in [4.78, 5) is 22.5. The Bertz CT molecular complexity index is 1590. The van der Waals surface area contributed by atoms with E-state index < -0.39 is 137 Å². The molecule has 3 unspecified atom stereocenters. The lowest BCUT2D eigenvalue weighted by atomic mass is 9.80. The smallest absolute Gasteiger partial charge is 0.460 e. The summed E-state index contributed by atoms with van der Waals surface area (Å²) in [5.41, 5.74) is 0. The van der Waals surface area contributed by atoms with Crippen molar-refractivity contribution < 1.29 is 161 Å². The molecule has 0 radical (unpaired) electrons. The summed E-state index contributed by atoms with van der Waals surface area (Å²) in [5, 5.41) is 30.0. The number of carboxylic acids is 1. The van der Waals surface area contributed by atoms with Crippen LogP contribution in [0, 0.1) is 5.92 Å². The fourth-order valence-corrected chi connectivity index (χ4v) is 4.81. The number of ether oxygens (including phenoxy) is 1. The minimum absolute atomic E-state index is 0.0517. The Hall–Kier alpha value is -3.21. The summed E-state index contributed by atoms with van der Waals surface area (Å²) >= 11 is 0. The highest BCUT2D eigenvalue weighted by Crippen LogP contribution is 2.69. The number of carbonyl (C=O) groups is 2.